The summed E-state index contributed by atoms with van der Waals surface area (Å²) in [6.07, 6.45) is 2.60. The number of hydrogen-bond acceptors (Lipinski definition) is 3. The standard InChI is InChI=1S/C17H26N2O3S/c1-2-7-17(20)18-11-6-12-19(14-13-18)23(21,22)15-10-16-8-4-3-5-9-16/h3-5,8-9H,2,6-7,10-15H2,1H3. The van der Waals surface area contributed by atoms with E-state index in [9.17, 15) is 13.2 Å². The van der Waals surface area contributed by atoms with Crippen molar-refractivity contribution in [1.82, 2.24) is 9.21 Å². The van der Waals surface area contributed by atoms with Crippen LogP contribution in [0.4, 0.5) is 0 Å². The molecule has 1 saturated heterocycles. The number of carbonyl (C=O) groups excluding carboxylic acids is 1. The van der Waals surface area contributed by atoms with E-state index in [-0.39, 0.29) is 11.7 Å². The van der Waals surface area contributed by atoms with Crippen LogP contribution in [0.2, 0.25) is 0 Å². The normalized spacial score (nSPS) is 17.0. The van der Waals surface area contributed by atoms with Gasteiger partial charge in [0.05, 0.1) is 5.75 Å². The summed E-state index contributed by atoms with van der Waals surface area (Å²) in [5, 5.41) is 0. The average molecular weight is 338 g/mol. The summed E-state index contributed by atoms with van der Waals surface area (Å²) < 4.78 is 26.6. The first-order valence-corrected chi connectivity index (χ1v) is 9.93. The van der Waals surface area contributed by atoms with Gasteiger partial charge in [-0.25, -0.2) is 12.7 Å². The van der Waals surface area contributed by atoms with Gasteiger partial charge in [-0.2, -0.15) is 0 Å². The summed E-state index contributed by atoms with van der Waals surface area (Å²) in [4.78, 5) is 13.8. The van der Waals surface area contributed by atoms with Crippen molar-refractivity contribution >= 4 is 15.9 Å². The van der Waals surface area contributed by atoms with Crippen molar-refractivity contribution in [3.63, 3.8) is 0 Å². The summed E-state index contributed by atoms with van der Waals surface area (Å²) in [6, 6.07) is 9.66. The topological polar surface area (TPSA) is 57.7 Å². The third-order valence-corrected chi connectivity index (χ3v) is 6.03. The molecule has 0 aromatic heterocycles. The molecule has 1 aliphatic rings. The van der Waals surface area contributed by atoms with Crippen molar-refractivity contribution in [2.24, 2.45) is 0 Å². The zero-order valence-corrected chi connectivity index (χ0v) is 14.6. The molecule has 0 aliphatic carbocycles. The van der Waals surface area contributed by atoms with Crippen LogP contribution in [0, 0.1) is 0 Å². The second kappa shape index (κ2) is 8.45. The minimum Gasteiger partial charge on any atom is -0.341 e. The lowest BCUT2D eigenvalue weighted by Gasteiger charge is -2.22. The van der Waals surface area contributed by atoms with Gasteiger partial charge in [-0.3, -0.25) is 4.79 Å². The van der Waals surface area contributed by atoms with Gasteiger partial charge in [0.2, 0.25) is 15.9 Å². The quantitative estimate of drug-likeness (QED) is 0.796. The maximum atomic E-state index is 12.5. The van der Waals surface area contributed by atoms with E-state index >= 15 is 0 Å². The second-order valence-corrected chi connectivity index (χ2v) is 8.02. The molecule has 0 N–H and O–H groups in total. The molecule has 0 saturated carbocycles. The van der Waals surface area contributed by atoms with Crippen LogP contribution in [0.5, 0.6) is 0 Å². The molecule has 0 radical (unpaired) electrons. The molecule has 0 unspecified atom stereocenters. The summed E-state index contributed by atoms with van der Waals surface area (Å²) >= 11 is 0. The van der Waals surface area contributed by atoms with Crippen molar-refractivity contribution < 1.29 is 13.2 Å². The van der Waals surface area contributed by atoms with Gasteiger partial charge in [-0.15, -0.1) is 0 Å². The monoisotopic (exact) mass is 338 g/mol. The van der Waals surface area contributed by atoms with Gasteiger partial charge >= 0.3 is 0 Å². The zero-order chi connectivity index (χ0) is 16.7. The molecular weight excluding hydrogens is 312 g/mol. The maximum Gasteiger partial charge on any atom is 0.222 e. The molecule has 0 bridgehead atoms. The molecule has 1 amide bonds. The van der Waals surface area contributed by atoms with Crippen molar-refractivity contribution in [3.05, 3.63) is 35.9 Å². The molecule has 1 aliphatic heterocycles. The molecule has 1 aromatic carbocycles. The summed E-state index contributed by atoms with van der Waals surface area (Å²) in [7, 11) is -3.27. The lowest BCUT2D eigenvalue weighted by Crippen LogP contribution is -2.38. The molecule has 1 aromatic rings. The fourth-order valence-electron chi connectivity index (χ4n) is 2.81. The van der Waals surface area contributed by atoms with Crippen LogP contribution in [0.15, 0.2) is 30.3 Å². The van der Waals surface area contributed by atoms with Gasteiger partial charge in [0.1, 0.15) is 0 Å². The minimum atomic E-state index is -3.27. The van der Waals surface area contributed by atoms with Gasteiger partial charge < -0.3 is 4.90 Å². The van der Waals surface area contributed by atoms with Gasteiger partial charge in [0.15, 0.2) is 0 Å². The molecule has 0 spiro atoms. The Labute approximate surface area is 139 Å². The van der Waals surface area contributed by atoms with Crippen molar-refractivity contribution in [2.45, 2.75) is 32.6 Å². The number of sulfonamides is 1. The van der Waals surface area contributed by atoms with Crippen LogP contribution in [0.1, 0.15) is 31.7 Å². The van der Waals surface area contributed by atoms with Gasteiger partial charge in [0, 0.05) is 32.6 Å². The smallest absolute Gasteiger partial charge is 0.222 e. The predicted octanol–water partition coefficient (Wildman–Crippen LogP) is 1.89. The third-order valence-electron chi connectivity index (χ3n) is 4.16. The van der Waals surface area contributed by atoms with Crippen LogP contribution in [0.25, 0.3) is 0 Å². The van der Waals surface area contributed by atoms with Gasteiger partial charge in [-0.05, 0) is 24.8 Å². The highest BCUT2D eigenvalue weighted by molar-refractivity contribution is 7.89. The van der Waals surface area contributed by atoms with E-state index in [1.165, 1.54) is 0 Å². The summed E-state index contributed by atoms with van der Waals surface area (Å²) in [6.45, 7) is 4.06. The minimum absolute atomic E-state index is 0.125. The molecular formula is C17H26N2O3S. The molecule has 2 rings (SSSR count). The lowest BCUT2D eigenvalue weighted by molar-refractivity contribution is -0.131. The Hall–Kier alpha value is -1.40. The fraction of sp³-hybridized carbons (Fsp3) is 0.588. The Bertz CT molecular complexity index is 602. The average Bonchev–Trinajstić information content (AvgIpc) is 2.81. The maximum absolute atomic E-state index is 12.5. The van der Waals surface area contributed by atoms with E-state index in [2.05, 4.69) is 0 Å². The molecule has 23 heavy (non-hydrogen) atoms. The van der Waals surface area contributed by atoms with Crippen LogP contribution in [0.3, 0.4) is 0 Å². The Morgan fingerprint density at radius 2 is 1.83 bits per heavy atom. The number of benzene rings is 1. The number of aryl methyl sites for hydroxylation is 1. The summed E-state index contributed by atoms with van der Waals surface area (Å²) in [5.41, 5.74) is 1.03. The predicted molar refractivity (Wildman–Crippen MR) is 91.6 cm³/mol. The Kier molecular flexibility index (Phi) is 6.59. The van der Waals surface area contributed by atoms with E-state index in [1.807, 2.05) is 37.3 Å². The van der Waals surface area contributed by atoms with E-state index < -0.39 is 10.0 Å². The Morgan fingerprint density at radius 1 is 1.09 bits per heavy atom. The lowest BCUT2D eigenvalue weighted by atomic mass is 10.2. The zero-order valence-electron chi connectivity index (χ0n) is 13.8. The van der Waals surface area contributed by atoms with Gasteiger partial charge in [-0.1, -0.05) is 37.3 Å². The van der Waals surface area contributed by atoms with E-state index in [4.69, 9.17) is 0 Å². The molecule has 1 heterocycles. The van der Waals surface area contributed by atoms with Crippen LogP contribution >= 0.6 is 0 Å². The third kappa shape index (κ3) is 5.32. The highest BCUT2D eigenvalue weighted by atomic mass is 32.2. The van der Waals surface area contributed by atoms with E-state index in [1.54, 1.807) is 9.21 Å². The molecule has 128 valence electrons. The number of hydrogen-bond donors (Lipinski definition) is 0. The molecule has 5 nitrogen and oxygen atoms in total. The Morgan fingerprint density at radius 3 is 2.52 bits per heavy atom. The number of amides is 1. The van der Waals surface area contributed by atoms with E-state index in [0.29, 0.717) is 45.4 Å². The van der Waals surface area contributed by atoms with Crippen LogP contribution in [-0.2, 0) is 21.2 Å². The van der Waals surface area contributed by atoms with Crippen molar-refractivity contribution in [2.75, 3.05) is 31.9 Å². The fourth-order valence-corrected chi connectivity index (χ4v) is 4.33. The van der Waals surface area contributed by atoms with Crippen molar-refractivity contribution in [3.8, 4) is 0 Å². The van der Waals surface area contributed by atoms with Gasteiger partial charge in [0.25, 0.3) is 0 Å². The number of rotatable bonds is 6. The van der Waals surface area contributed by atoms with Crippen molar-refractivity contribution in [1.29, 1.82) is 0 Å². The summed E-state index contributed by atoms with van der Waals surface area (Å²) in [5.74, 6) is 0.260. The first kappa shape index (κ1) is 17.9. The number of carbonyl (C=O) groups is 1. The molecule has 1 fully saturated rings. The molecule has 6 heteroatoms. The van der Waals surface area contributed by atoms with Crippen LogP contribution in [-0.4, -0.2) is 55.5 Å². The SMILES string of the molecule is CCCC(=O)N1CCCN(S(=O)(=O)CCc2ccccc2)CC1. The Balaban J connectivity index is 1.91. The first-order valence-electron chi connectivity index (χ1n) is 8.32. The highest BCUT2D eigenvalue weighted by Crippen LogP contribution is 2.12. The van der Waals surface area contributed by atoms with Crippen LogP contribution < -0.4 is 0 Å². The first-order chi connectivity index (χ1) is 11.0. The highest BCUT2D eigenvalue weighted by Gasteiger charge is 2.26. The largest absolute Gasteiger partial charge is 0.341 e. The second-order valence-electron chi connectivity index (χ2n) is 5.93. The van der Waals surface area contributed by atoms with E-state index in [0.717, 1.165) is 12.0 Å². The number of nitrogens with zero attached hydrogens (tertiary/aromatic N) is 2. The molecule has 0 atom stereocenters.